The van der Waals surface area contributed by atoms with Gasteiger partial charge in [-0.1, -0.05) is 103 Å². The number of carbonyl (C=O) groups excluding carboxylic acids is 12. The van der Waals surface area contributed by atoms with Crippen LogP contribution in [0.25, 0.3) is 0 Å². The highest BCUT2D eigenvalue weighted by molar-refractivity contribution is 6.10. The fraction of sp³-hybridized carbons (Fsp3) is 0.812. The molecular formula is C64H115N11O13. The van der Waals surface area contributed by atoms with Gasteiger partial charge in [-0.15, -0.1) is 0 Å². The summed E-state index contributed by atoms with van der Waals surface area (Å²) in [6.07, 6.45) is 2.09. The number of rotatable bonds is 18. The van der Waals surface area contributed by atoms with E-state index < -0.39 is 161 Å². The minimum atomic E-state index is -1.79. The molecule has 504 valence electrons. The summed E-state index contributed by atoms with van der Waals surface area (Å²) < 4.78 is 6.00. The molecule has 11 amide bonds. The first-order valence-electron chi connectivity index (χ1n) is 31.8. The van der Waals surface area contributed by atoms with Crippen molar-refractivity contribution in [2.75, 3.05) is 62.5 Å². The molecule has 0 unspecified atom stereocenters. The summed E-state index contributed by atoms with van der Waals surface area (Å²) in [5, 5.41) is 10.9. The van der Waals surface area contributed by atoms with Crippen molar-refractivity contribution in [2.24, 2.45) is 35.5 Å². The number of ether oxygens (including phenoxy) is 1. The fourth-order valence-corrected chi connectivity index (χ4v) is 11.2. The molecule has 24 nitrogen and oxygen atoms in total. The van der Waals surface area contributed by atoms with E-state index in [1.807, 2.05) is 48.5 Å². The number of Topliss-reactive ketones (excluding diaryl/α,β-unsaturated/α-hetero) is 1. The van der Waals surface area contributed by atoms with Gasteiger partial charge < -0.3 is 60.3 Å². The SMILES string of the molecule is CCCC[C@@H](C)C(=O)[C@H]1C(=O)N[C@@H](CC)C(=O)N(C)CC(=O)N(C)[C@@H](CC(C)(C)OCC)C(=O)N[C@@H](C(C)C)C(=O)N(C)[C@@H](CC(C)C)C(=O)N[C@@H](C)C(=O)N[C@H](C)C(=O)N(C)[C@@H](CC(C)C)C(=O)N(C)[C@@H](CC(C)C)C(=O)N(C)[C@@H](C(C)C)C(=O)N1C. The van der Waals surface area contributed by atoms with E-state index in [0.717, 1.165) is 21.1 Å². The van der Waals surface area contributed by atoms with Crippen LogP contribution in [0.2, 0.25) is 0 Å². The Morgan fingerprint density at radius 1 is 0.511 bits per heavy atom. The molecule has 88 heavy (non-hydrogen) atoms. The highest BCUT2D eigenvalue weighted by atomic mass is 16.5. The first-order chi connectivity index (χ1) is 40.6. The van der Waals surface area contributed by atoms with Gasteiger partial charge in [-0.25, -0.2) is 0 Å². The van der Waals surface area contributed by atoms with Gasteiger partial charge in [-0.3, -0.25) is 57.5 Å². The second kappa shape index (κ2) is 35.9. The predicted molar refractivity (Wildman–Crippen MR) is 338 cm³/mol. The molecule has 0 aromatic heterocycles. The topological polar surface area (TPSA) is 285 Å². The number of carbonyl (C=O) groups is 12. The Morgan fingerprint density at radius 3 is 1.44 bits per heavy atom. The smallest absolute Gasteiger partial charge is 0.251 e. The van der Waals surface area contributed by atoms with Crippen LogP contribution < -0.4 is 21.3 Å². The number of amides is 11. The molecule has 0 radical (unpaired) electrons. The van der Waals surface area contributed by atoms with E-state index in [2.05, 4.69) is 21.3 Å². The van der Waals surface area contributed by atoms with Crippen LogP contribution in [0, 0.1) is 35.5 Å². The van der Waals surface area contributed by atoms with Crippen LogP contribution in [-0.2, 0) is 62.3 Å². The Labute approximate surface area is 526 Å². The molecule has 11 atom stereocenters. The van der Waals surface area contributed by atoms with Gasteiger partial charge in [0, 0.05) is 68.3 Å². The highest BCUT2D eigenvalue weighted by Gasteiger charge is 2.46. The van der Waals surface area contributed by atoms with Crippen molar-refractivity contribution in [2.45, 2.75) is 242 Å². The molecule has 0 spiro atoms. The fourth-order valence-electron chi connectivity index (χ4n) is 11.2. The van der Waals surface area contributed by atoms with E-state index in [1.165, 1.54) is 82.8 Å². The number of unbranched alkanes of at least 4 members (excludes halogenated alkanes) is 1. The van der Waals surface area contributed by atoms with Gasteiger partial charge in [0.05, 0.1) is 12.1 Å². The Balaban J connectivity index is 4.39. The molecule has 0 aliphatic carbocycles. The molecule has 0 bridgehead atoms. The standard InChI is InChI=1S/C64H115N11O13/c1-26-29-30-41(14)53(77)52-57(81)67-44(27-2)59(83)69(19)35-49(76)70(20)48(34-64(17,18)88-28-3)56(80)68-50(39(10)11)62(86)71(21)45(31-36(4)5)55(79)65-42(15)54(78)66-43(16)58(82)72(22)46(32-37(6)7)60(84)73(23)47(33-38(8)9)61(85)74(24)51(40(12)13)63(87)75(52)25/h36-48,50-52H,26-35H2,1-25H3,(H,65,79)(H,66,78)(H,67,81)(H,68,80)/t41-,42+,43-,44+,45+,46+,47+,48+,50+,51+,52+/m1/s1. The zero-order valence-electron chi connectivity index (χ0n) is 58.2. The Bertz CT molecular complexity index is 2410. The first kappa shape index (κ1) is 79.8. The van der Waals surface area contributed by atoms with E-state index in [4.69, 9.17) is 4.74 Å². The normalized spacial score (nSPS) is 26.0. The van der Waals surface area contributed by atoms with Crippen LogP contribution in [0.3, 0.4) is 0 Å². The summed E-state index contributed by atoms with van der Waals surface area (Å²) in [6.45, 7) is 31.0. The monoisotopic (exact) mass is 1250 g/mol. The second-order valence-electron chi connectivity index (χ2n) is 27.0. The number of hydrogen-bond donors (Lipinski definition) is 4. The lowest BCUT2D eigenvalue weighted by Gasteiger charge is -2.40. The Hall–Kier alpha value is -6.20. The maximum Gasteiger partial charge on any atom is 0.251 e. The Kier molecular flexibility index (Phi) is 32.5. The summed E-state index contributed by atoms with van der Waals surface area (Å²) in [4.78, 5) is 184. The quantitative estimate of drug-likeness (QED) is 0.142. The van der Waals surface area contributed by atoms with E-state index >= 15 is 9.59 Å². The van der Waals surface area contributed by atoms with Crippen molar-refractivity contribution in [3.63, 3.8) is 0 Å². The number of likely N-dealkylation sites (N-methyl/N-ethyl adjacent to an activating group) is 7. The third kappa shape index (κ3) is 22.4. The lowest BCUT2D eigenvalue weighted by atomic mass is 9.91. The van der Waals surface area contributed by atoms with Crippen LogP contribution in [0.15, 0.2) is 0 Å². The predicted octanol–water partition coefficient (Wildman–Crippen LogP) is 3.86. The van der Waals surface area contributed by atoms with Crippen molar-refractivity contribution < 1.29 is 62.3 Å². The van der Waals surface area contributed by atoms with E-state index in [-0.39, 0.29) is 56.5 Å². The summed E-state index contributed by atoms with van der Waals surface area (Å²) in [5.41, 5.74) is -1.00. The van der Waals surface area contributed by atoms with Gasteiger partial charge in [-0.05, 0) is 96.3 Å². The minimum Gasteiger partial charge on any atom is -0.376 e. The number of ketones is 1. The zero-order valence-corrected chi connectivity index (χ0v) is 58.2. The maximum atomic E-state index is 15.2. The molecule has 0 aromatic rings. The third-order valence-corrected chi connectivity index (χ3v) is 16.6. The minimum absolute atomic E-state index is 0.0143. The molecule has 0 aromatic carbocycles. The molecule has 1 heterocycles. The average Bonchev–Trinajstić information content (AvgIpc) is 1.57. The third-order valence-electron chi connectivity index (χ3n) is 16.6. The summed E-state index contributed by atoms with van der Waals surface area (Å²) in [5.74, 6) is -10.8. The highest BCUT2D eigenvalue weighted by Crippen LogP contribution is 2.26. The van der Waals surface area contributed by atoms with Gasteiger partial charge in [-0.2, -0.15) is 0 Å². The molecular weight excluding hydrogens is 1130 g/mol. The van der Waals surface area contributed by atoms with Crippen LogP contribution >= 0.6 is 0 Å². The van der Waals surface area contributed by atoms with Gasteiger partial charge in [0.1, 0.15) is 54.4 Å². The lowest BCUT2D eigenvalue weighted by Crippen LogP contribution is -2.63. The molecule has 4 N–H and O–H groups in total. The van der Waals surface area contributed by atoms with Gasteiger partial charge in [0.2, 0.25) is 59.1 Å². The van der Waals surface area contributed by atoms with E-state index in [0.29, 0.717) is 12.8 Å². The Morgan fingerprint density at radius 2 is 0.977 bits per heavy atom. The van der Waals surface area contributed by atoms with E-state index in [1.54, 1.807) is 62.3 Å². The summed E-state index contributed by atoms with van der Waals surface area (Å²) in [6, 6.07) is -12.9. The number of nitrogens with zero attached hydrogens (tertiary/aromatic N) is 7. The van der Waals surface area contributed by atoms with Crippen LogP contribution in [0.1, 0.15) is 176 Å². The van der Waals surface area contributed by atoms with Crippen molar-refractivity contribution in [1.29, 1.82) is 0 Å². The summed E-state index contributed by atoms with van der Waals surface area (Å²) >= 11 is 0. The largest absolute Gasteiger partial charge is 0.376 e. The molecule has 1 aliphatic rings. The number of hydrogen-bond acceptors (Lipinski definition) is 13. The number of nitrogens with one attached hydrogen (secondary N) is 4. The molecule has 0 saturated carbocycles. The molecule has 1 saturated heterocycles. The lowest BCUT2D eigenvalue weighted by molar-refractivity contribution is -0.157. The molecule has 24 heteroatoms. The van der Waals surface area contributed by atoms with Crippen molar-refractivity contribution >= 4 is 70.8 Å². The van der Waals surface area contributed by atoms with Crippen molar-refractivity contribution in [3.05, 3.63) is 0 Å². The van der Waals surface area contributed by atoms with Crippen LogP contribution in [-0.4, -0.2) is 234 Å². The van der Waals surface area contributed by atoms with Crippen molar-refractivity contribution in [1.82, 2.24) is 55.6 Å². The average molecular weight is 1250 g/mol. The van der Waals surface area contributed by atoms with Gasteiger partial charge in [0.25, 0.3) is 5.91 Å². The molecule has 1 rings (SSSR count). The van der Waals surface area contributed by atoms with E-state index in [9.17, 15) is 47.9 Å². The summed E-state index contributed by atoms with van der Waals surface area (Å²) in [7, 11) is 9.77. The second-order valence-corrected chi connectivity index (χ2v) is 27.0. The van der Waals surface area contributed by atoms with Crippen LogP contribution in [0.5, 0.6) is 0 Å². The zero-order chi connectivity index (χ0) is 68.3. The molecule has 1 aliphatic heterocycles. The van der Waals surface area contributed by atoms with Crippen LogP contribution in [0.4, 0.5) is 0 Å². The first-order valence-corrected chi connectivity index (χ1v) is 31.8. The van der Waals surface area contributed by atoms with Gasteiger partial charge in [0.15, 0.2) is 11.8 Å². The van der Waals surface area contributed by atoms with Gasteiger partial charge >= 0.3 is 0 Å². The molecule has 1 fully saturated rings. The van der Waals surface area contributed by atoms with Crippen molar-refractivity contribution in [3.8, 4) is 0 Å². The maximum absolute atomic E-state index is 15.2.